The lowest BCUT2D eigenvalue weighted by molar-refractivity contribution is 0.102. The van der Waals surface area contributed by atoms with Gasteiger partial charge in [0, 0.05) is 16.8 Å². The van der Waals surface area contributed by atoms with Crippen molar-refractivity contribution in [1.29, 1.82) is 0 Å². The zero-order valence-electron chi connectivity index (χ0n) is 11.6. The highest BCUT2D eigenvalue weighted by molar-refractivity contribution is 6.04. The van der Waals surface area contributed by atoms with Gasteiger partial charge in [-0.1, -0.05) is 11.8 Å². The molecule has 0 aliphatic heterocycles. The molecule has 0 aromatic heterocycles. The third-order valence-corrected chi connectivity index (χ3v) is 2.92. The van der Waals surface area contributed by atoms with E-state index in [4.69, 9.17) is 5.11 Å². The lowest BCUT2D eigenvalue weighted by Crippen LogP contribution is -2.11. The summed E-state index contributed by atoms with van der Waals surface area (Å²) in [5.74, 6) is 5.30. The number of carbonyl (C=O) groups excluding carboxylic acids is 1. The molecule has 0 saturated heterocycles. The Kier molecular flexibility index (Phi) is 4.60. The van der Waals surface area contributed by atoms with E-state index < -0.39 is 0 Å². The second kappa shape index (κ2) is 6.60. The smallest absolute Gasteiger partial charge is 0.255 e. The summed E-state index contributed by atoms with van der Waals surface area (Å²) in [5.41, 5.74) is 2.86. The normalized spacial score (nSPS) is 9.62. The molecule has 0 unspecified atom stereocenters. The number of benzene rings is 2. The molecule has 2 aromatic carbocycles. The number of anilines is 1. The number of aliphatic hydroxyl groups excluding tert-OH is 1. The van der Waals surface area contributed by atoms with E-state index in [1.54, 1.807) is 24.3 Å². The Balaban J connectivity index is 2.14. The Bertz CT molecular complexity index is 709. The first kappa shape index (κ1) is 14.6. The molecule has 106 valence electrons. The quantitative estimate of drug-likeness (QED) is 0.740. The Morgan fingerprint density at radius 3 is 2.52 bits per heavy atom. The van der Waals surface area contributed by atoms with E-state index in [0.717, 1.165) is 11.1 Å². The predicted octanol–water partition coefficient (Wildman–Crippen LogP) is 2.30. The molecule has 1 amide bonds. The third-order valence-electron chi connectivity index (χ3n) is 2.92. The monoisotopic (exact) mass is 281 g/mol. The van der Waals surface area contributed by atoms with Crippen LogP contribution in [0.3, 0.4) is 0 Å². The van der Waals surface area contributed by atoms with Crippen molar-refractivity contribution >= 4 is 11.6 Å². The molecule has 0 heterocycles. The first-order valence-corrected chi connectivity index (χ1v) is 6.41. The molecular formula is C17H15NO3. The van der Waals surface area contributed by atoms with Crippen LogP contribution in [0.15, 0.2) is 42.5 Å². The van der Waals surface area contributed by atoms with Crippen LogP contribution in [-0.2, 0) is 0 Å². The van der Waals surface area contributed by atoms with Crippen molar-refractivity contribution < 1.29 is 15.0 Å². The molecule has 3 N–H and O–H groups in total. The van der Waals surface area contributed by atoms with Gasteiger partial charge >= 0.3 is 0 Å². The number of aromatic hydroxyl groups is 1. The van der Waals surface area contributed by atoms with Gasteiger partial charge in [-0.25, -0.2) is 0 Å². The standard InChI is InChI=1S/C17H15NO3/c1-12-11-15(7-4-13(12)3-2-10-19)18-17(21)14-5-8-16(20)9-6-14/h4-9,11,19-20H,10H2,1H3,(H,18,21). The zero-order valence-corrected chi connectivity index (χ0v) is 11.6. The number of aryl methyl sites for hydroxylation is 1. The Labute approximate surface area is 123 Å². The van der Waals surface area contributed by atoms with E-state index in [1.165, 1.54) is 12.1 Å². The Morgan fingerprint density at radius 2 is 1.90 bits per heavy atom. The van der Waals surface area contributed by atoms with E-state index >= 15 is 0 Å². The van der Waals surface area contributed by atoms with E-state index in [0.29, 0.717) is 11.3 Å². The molecule has 4 heteroatoms. The van der Waals surface area contributed by atoms with E-state index in [-0.39, 0.29) is 18.3 Å². The lowest BCUT2D eigenvalue weighted by Gasteiger charge is -2.07. The van der Waals surface area contributed by atoms with Gasteiger partial charge < -0.3 is 15.5 Å². The van der Waals surface area contributed by atoms with Crippen LogP contribution < -0.4 is 5.32 Å². The minimum Gasteiger partial charge on any atom is -0.508 e. The minimum atomic E-state index is -0.247. The van der Waals surface area contributed by atoms with Gasteiger partial charge in [0.2, 0.25) is 0 Å². The average molecular weight is 281 g/mol. The first-order chi connectivity index (χ1) is 10.1. The zero-order chi connectivity index (χ0) is 15.2. The molecule has 0 bridgehead atoms. The predicted molar refractivity (Wildman–Crippen MR) is 81.2 cm³/mol. The van der Waals surface area contributed by atoms with Crippen LogP contribution in [0.4, 0.5) is 5.69 Å². The number of hydrogen-bond donors (Lipinski definition) is 3. The van der Waals surface area contributed by atoms with Crippen molar-refractivity contribution in [3.63, 3.8) is 0 Å². The van der Waals surface area contributed by atoms with Crippen molar-refractivity contribution in [2.24, 2.45) is 0 Å². The van der Waals surface area contributed by atoms with Gasteiger partial charge in [0.15, 0.2) is 0 Å². The van der Waals surface area contributed by atoms with Crippen LogP contribution in [-0.4, -0.2) is 22.7 Å². The molecule has 0 saturated carbocycles. The van der Waals surface area contributed by atoms with E-state index in [9.17, 15) is 9.90 Å². The molecule has 0 spiro atoms. The number of carbonyl (C=O) groups is 1. The Hall–Kier alpha value is -2.77. The van der Waals surface area contributed by atoms with Gasteiger partial charge in [0.25, 0.3) is 5.91 Å². The number of rotatable bonds is 2. The summed E-state index contributed by atoms with van der Waals surface area (Å²) in [6.45, 7) is 1.70. The summed E-state index contributed by atoms with van der Waals surface area (Å²) in [4.78, 5) is 12.0. The maximum atomic E-state index is 12.0. The fourth-order valence-electron chi connectivity index (χ4n) is 1.83. The maximum absolute atomic E-state index is 12.0. The topological polar surface area (TPSA) is 69.6 Å². The van der Waals surface area contributed by atoms with Gasteiger partial charge in [0.05, 0.1) is 0 Å². The molecule has 0 aliphatic rings. The summed E-state index contributed by atoms with van der Waals surface area (Å²) < 4.78 is 0. The van der Waals surface area contributed by atoms with Crippen molar-refractivity contribution in [3.8, 4) is 17.6 Å². The van der Waals surface area contributed by atoms with Crippen LogP contribution in [0.2, 0.25) is 0 Å². The fourth-order valence-corrected chi connectivity index (χ4v) is 1.83. The van der Waals surface area contributed by atoms with Gasteiger partial charge in [-0.3, -0.25) is 4.79 Å². The number of phenols is 1. The van der Waals surface area contributed by atoms with Crippen LogP contribution >= 0.6 is 0 Å². The molecule has 4 nitrogen and oxygen atoms in total. The molecule has 0 radical (unpaired) electrons. The summed E-state index contributed by atoms with van der Waals surface area (Å²) >= 11 is 0. The van der Waals surface area contributed by atoms with E-state index in [2.05, 4.69) is 17.2 Å². The van der Waals surface area contributed by atoms with Crippen LogP contribution in [0, 0.1) is 18.8 Å². The summed E-state index contributed by atoms with van der Waals surface area (Å²) in [6.07, 6.45) is 0. The second-order valence-electron chi connectivity index (χ2n) is 4.49. The van der Waals surface area contributed by atoms with Crippen molar-refractivity contribution in [2.45, 2.75) is 6.92 Å². The number of amides is 1. The Morgan fingerprint density at radius 1 is 1.19 bits per heavy atom. The van der Waals surface area contributed by atoms with Gasteiger partial charge in [-0.15, -0.1) is 0 Å². The van der Waals surface area contributed by atoms with Crippen LogP contribution in [0.5, 0.6) is 5.75 Å². The fraction of sp³-hybridized carbons (Fsp3) is 0.118. The minimum absolute atomic E-state index is 0.120. The van der Waals surface area contributed by atoms with Gasteiger partial charge in [-0.2, -0.15) is 0 Å². The number of hydrogen-bond acceptors (Lipinski definition) is 3. The third kappa shape index (κ3) is 3.85. The number of aliphatic hydroxyl groups is 1. The molecule has 2 rings (SSSR count). The van der Waals surface area contributed by atoms with Gasteiger partial charge in [0.1, 0.15) is 12.4 Å². The van der Waals surface area contributed by atoms with Crippen molar-refractivity contribution in [1.82, 2.24) is 0 Å². The van der Waals surface area contributed by atoms with Crippen molar-refractivity contribution in [3.05, 3.63) is 59.2 Å². The molecule has 0 aliphatic carbocycles. The highest BCUT2D eigenvalue weighted by atomic mass is 16.3. The molecule has 2 aromatic rings. The summed E-state index contributed by atoms with van der Waals surface area (Å²) in [7, 11) is 0. The van der Waals surface area contributed by atoms with Crippen molar-refractivity contribution in [2.75, 3.05) is 11.9 Å². The average Bonchev–Trinajstić information content (AvgIpc) is 2.47. The summed E-state index contributed by atoms with van der Waals surface area (Å²) in [6, 6.07) is 11.4. The van der Waals surface area contributed by atoms with Gasteiger partial charge in [-0.05, 0) is 55.0 Å². The first-order valence-electron chi connectivity index (χ1n) is 6.41. The van der Waals surface area contributed by atoms with Crippen LogP contribution in [0.1, 0.15) is 21.5 Å². The number of nitrogens with one attached hydrogen (secondary N) is 1. The second-order valence-corrected chi connectivity index (χ2v) is 4.49. The molecular weight excluding hydrogens is 266 g/mol. The highest BCUT2D eigenvalue weighted by Crippen LogP contribution is 2.16. The SMILES string of the molecule is Cc1cc(NC(=O)c2ccc(O)cc2)ccc1C#CCO. The summed E-state index contributed by atoms with van der Waals surface area (Å²) in [5, 5.41) is 20.7. The number of phenolic OH excluding ortho intramolecular Hbond substituents is 1. The van der Waals surface area contributed by atoms with E-state index in [1.807, 2.05) is 13.0 Å². The molecule has 0 fully saturated rings. The molecule has 0 atom stereocenters. The largest absolute Gasteiger partial charge is 0.508 e. The highest BCUT2D eigenvalue weighted by Gasteiger charge is 2.06. The lowest BCUT2D eigenvalue weighted by atomic mass is 10.1. The van der Waals surface area contributed by atoms with Crippen LogP contribution in [0.25, 0.3) is 0 Å². The molecule has 21 heavy (non-hydrogen) atoms. The maximum Gasteiger partial charge on any atom is 0.255 e.